The van der Waals surface area contributed by atoms with Gasteiger partial charge in [-0.05, 0) is 139 Å². The van der Waals surface area contributed by atoms with Gasteiger partial charge in [-0.15, -0.1) is 0 Å². The Morgan fingerprint density at radius 2 is 1.61 bits per heavy atom. The standard InChI is InChI=1S/C37H50O4/c1-22(2)25-13-18-37(32(40)41)20-19-35(6)27(30(25)37)11-12-29-34(5)16-14-26(23-9-8-10-24(21-23)31(38)39)33(3,4)28(34)15-17-36(29,35)7/h8-10,14,21,25,27-30H,1,11-13,15-20H2,2-7H3,(H,38,39)(H,40,41). The summed E-state index contributed by atoms with van der Waals surface area (Å²) in [7, 11) is 0. The first-order valence-corrected chi connectivity index (χ1v) is 16.1. The van der Waals surface area contributed by atoms with Crippen molar-refractivity contribution in [2.24, 2.45) is 56.7 Å². The van der Waals surface area contributed by atoms with Crippen molar-refractivity contribution in [3.8, 4) is 0 Å². The van der Waals surface area contributed by atoms with E-state index in [4.69, 9.17) is 0 Å². The molecule has 0 saturated heterocycles. The molecule has 9 unspecified atom stereocenters. The number of carbonyl (C=O) groups is 2. The van der Waals surface area contributed by atoms with Gasteiger partial charge < -0.3 is 10.2 Å². The molecule has 0 radical (unpaired) electrons. The molecule has 4 fully saturated rings. The molecule has 0 heterocycles. The summed E-state index contributed by atoms with van der Waals surface area (Å²) in [6.07, 6.45) is 11.7. The van der Waals surface area contributed by atoms with Crippen molar-refractivity contribution >= 4 is 17.5 Å². The lowest BCUT2D eigenvalue weighted by atomic mass is 9.32. The third-order valence-corrected chi connectivity index (χ3v) is 14.5. The molecule has 5 aliphatic carbocycles. The SMILES string of the molecule is C=C(C)C1CCC2(C(=O)O)CCC3(C)C(CCC4C5(C)CC=C(c6cccc(C(=O)O)c6)C(C)(C)C5CCC43C)C12. The highest BCUT2D eigenvalue weighted by Gasteiger charge is 2.71. The van der Waals surface area contributed by atoms with Gasteiger partial charge in [-0.1, -0.05) is 65.0 Å². The topological polar surface area (TPSA) is 74.6 Å². The Morgan fingerprint density at radius 3 is 2.27 bits per heavy atom. The molecule has 0 spiro atoms. The first-order valence-electron chi connectivity index (χ1n) is 16.1. The van der Waals surface area contributed by atoms with E-state index in [2.05, 4.69) is 60.3 Å². The maximum atomic E-state index is 12.9. The molecule has 222 valence electrons. The van der Waals surface area contributed by atoms with Crippen LogP contribution in [0.2, 0.25) is 0 Å². The number of hydrogen-bond acceptors (Lipinski definition) is 2. The molecule has 4 heteroatoms. The molecular weight excluding hydrogens is 508 g/mol. The number of carboxylic acid groups (broad SMARTS) is 2. The largest absolute Gasteiger partial charge is 0.481 e. The molecule has 9 atom stereocenters. The highest BCUT2D eigenvalue weighted by atomic mass is 16.4. The van der Waals surface area contributed by atoms with Gasteiger partial charge >= 0.3 is 11.9 Å². The van der Waals surface area contributed by atoms with Crippen molar-refractivity contribution in [2.45, 2.75) is 99.3 Å². The molecule has 4 nitrogen and oxygen atoms in total. The molecule has 4 saturated carbocycles. The first kappa shape index (κ1) is 28.7. The molecular formula is C37H50O4. The zero-order valence-corrected chi connectivity index (χ0v) is 26.1. The van der Waals surface area contributed by atoms with E-state index < -0.39 is 17.4 Å². The number of hydrogen-bond donors (Lipinski definition) is 2. The van der Waals surface area contributed by atoms with E-state index in [1.807, 2.05) is 12.1 Å². The minimum atomic E-state index is -0.875. The number of fused-ring (bicyclic) bond motifs is 7. The van der Waals surface area contributed by atoms with Crippen LogP contribution in [0, 0.1) is 56.7 Å². The lowest BCUT2D eigenvalue weighted by Gasteiger charge is -2.72. The van der Waals surface area contributed by atoms with E-state index in [1.165, 1.54) is 24.0 Å². The summed E-state index contributed by atoms with van der Waals surface area (Å²) in [5, 5.41) is 20.3. The fraction of sp³-hybridized carbons (Fsp3) is 0.676. The molecule has 1 aromatic carbocycles. The average Bonchev–Trinajstić information content (AvgIpc) is 3.30. The molecule has 2 N–H and O–H groups in total. The van der Waals surface area contributed by atoms with Crippen LogP contribution in [0.4, 0.5) is 0 Å². The van der Waals surface area contributed by atoms with Crippen molar-refractivity contribution in [1.29, 1.82) is 0 Å². The van der Waals surface area contributed by atoms with Crippen LogP contribution in [0.5, 0.6) is 0 Å². The van der Waals surface area contributed by atoms with Gasteiger partial charge in [-0.25, -0.2) is 4.79 Å². The van der Waals surface area contributed by atoms with Gasteiger partial charge in [0, 0.05) is 0 Å². The number of allylic oxidation sites excluding steroid dienone is 3. The number of aliphatic carboxylic acids is 1. The lowest BCUT2D eigenvalue weighted by Crippen LogP contribution is -2.65. The van der Waals surface area contributed by atoms with Gasteiger partial charge in [0.15, 0.2) is 0 Å². The van der Waals surface area contributed by atoms with E-state index in [1.54, 1.807) is 6.07 Å². The van der Waals surface area contributed by atoms with Gasteiger partial charge in [0.25, 0.3) is 0 Å². The van der Waals surface area contributed by atoms with Crippen molar-refractivity contribution in [2.75, 3.05) is 0 Å². The van der Waals surface area contributed by atoms with Crippen LogP contribution in [0.25, 0.3) is 5.57 Å². The number of aromatic carboxylic acids is 1. The molecule has 41 heavy (non-hydrogen) atoms. The lowest BCUT2D eigenvalue weighted by molar-refractivity contribution is -0.227. The minimum Gasteiger partial charge on any atom is -0.481 e. The van der Waals surface area contributed by atoms with Crippen molar-refractivity contribution < 1.29 is 19.8 Å². The summed E-state index contributed by atoms with van der Waals surface area (Å²) in [6.45, 7) is 19.0. The zero-order chi connectivity index (χ0) is 29.8. The molecule has 0 aromatic heterocycles. The highest BCUT2D eigenvalue weighted by Crippen LogP contribution is 2.77. The van der Waals surface area contributed by atoms with Crippen LogP contribution >= 0.6 is 0 Å². The van der Waals surface area contributed by atoms with Gasteiger partial charge in [0.05, 0.1) is 11.0 Å². The quantitative estimate of drug-likeness (QED) is 0.361. The Bertz CT molecular complexity index is 1340. The van der Waals surface area contributed by atoms with Gasteiger partial charge in [-0.3, -0.25) is 4.79 Å². The van der Waals surface area contributed by atoms with E-state index in [-0.39, 0.29) is 27.6 Å². The monoisotopic (exact) mass is 558 g/mol. The normalized spacial score (nSPS) is 44.4. The third kappa shape index (κ3) is 3.64. The maximum Gasteiger partial charge on any atom is 0.335 e. The van der Waals surface area contributed by atoms with Crippen LogP contribution in [-0.2, 0) is 4.79 Å². The van der Waals surface area contributed by atoms with E-state index in [0.717, 1.165) is 50.5 Å². The maximum absolute atomic E-state index is 12.9. The zero-order valence-electron chi connectivity index (χ0n) is 26.1. The fourth-order valence-electron chi connectivity index (χ4n) is 12.4. The molecule has 0 amide bonds. The summed E-state index contributed by atoms with van der Waals surface area (Å²) in [5.41, 5.74) is 3.68. The summed E-state index contributed by atoms with van der Waals surface area (Å²) >= 11 is 0. The smallest absolute Gasteiger partial charge is 0.335 e. The summed E-state index contributed by atoms with van der Waals surface area (Å²) in [5.74, 6) is 0.616. The number of carboxylic acids is 2. The van der Waals surface area contributed by atoms with E-state index in [9.17, 15) is 19.8 Å². The predicted octanol–water partition coefficient (Wildman–Crippen LogP) is 9.12. The Labute approximate surface area is 246 Å². The average molecular weight is 559 g/mol. The van der Waals surface area contributed by atoms with Crippen LogP contribution in [0.1, 0.15) is 115 Å². The first-order chi connectivity index (χ1) is 19.1. The van der Waals surface area contributed by atoms with Crippen LogP contribution in [-0.4, -0.2) is 22.2 Å². The molecule has 5 aliphatic rings. The van der Waals surface area contributed by atoms with Crippen LogP contribution < -0.4 is 0 Å². The summed E-state index contributed by atoms with van der Waals surface area (Å²) in [4.78, 5) is 24.7. The summed E-state index contributed by atoms with van der Waals surface area (Å²) < 4.78 is 0. The number of rotatable bonds is 4. The Hall–Kier alpha value is -2.36. The highest BCUT2D eigenvalue weighted by molar-refractivity contribution is 5.89. The van der Waals surface area contributed by atoms with Gasteiger partial charge in [0.1, 0.15) is 0 Å². The summed E-state index contributed by atoms with van der Waals surface area (Å²) in [6, 6.07) is 7.50. The molecule has 6 rings (SSSR count). The molecule has 0 bridgehead atoms. The van der Waals surface area contributed by atoms with E-state index >= 15 is 0 Å². The third-order valence-electron chi connectivity index (χ3n) is 14.5. The van der Waals surface area contributed by atoms with E-state index in [0.29, 0.717) is 29.2 Å². The second-order valence-electron chi connectivity index (χ2n) is 16.1. The minimum absolute atomic E-state index is 0.0647. The second-order valence-corrected chi connectivity index (χ2v) is 16.1. The number of benzene rings is 1. The van der Waals surface area contributed by atoms with Crippen molar-refractivity contribution in [3.63, 3.8) is 0 Å². The Morgan fingerprint density at radius 1 is 0.878 bits per heavy atom. The van der Waals surface area contributed by atoms with Crippen molar-refractivity contribution in [1.82, 2.24) is 0 Å². The predicted molar refractivity (Wildman–Crippen MR) is 163 cm³/mol. The second kappa shape index (κ2) is 9.07. The van der Waals surface area contributed by atoms with Crippen LogP contribution in [0.15, 0.2) is 42.5 Å². The molecule has 1 aromatic rings. The van der Waals surface area contributed by atoms with Gasteiger partial charge in [0.2, 0.25) is 0 Å². The molecule has 0 aliphatic heterocycles. The fourth-order valence-corrected chi connectivity index (χ4v) is 12.4. The Kier molecular flexibility index (Phi) is 6.36. The van der Waals surface area contributed by atoms with Crippen LogP contribution in [0.3, 0.4) is 0 Å². The van der Waals surface area contributed by atoms with Gasteiger partial charge in [-0.2, -0.15) is 0 Å². The Balaban J connectivity index is 1.39. The van der Waals surface area contributed by atoms with Crippen molar-refractivity contribution in [3.05, 3.63) is 53.6 Å².